The molecule has 0 saturated heterocycles. The molecule has 0 atom stereocenters. The second-order valence-corrected chi connectivity index (χ2v) is 3.32. The summed E-state index contributed by atoms with van der Waals surface area (Å²) in [6.07, 6.45) is 4.92. The van der Waals surface area contributed by atoms with Crippen LogP contribution in [0.1, 0.15) is 51.7 Å². The van der Waals surface area contributed by atoms with E-state index >= 15 is 0 Å². The number of aryl methyl sites for hydroxylation is 2. The third-order valence-electron chi connectivity index (χ3n) is 2.10. The van der Waals surface area contributed by atoms with Crippen molar-refractivity contribution in [3.63, 3.8) is 0 Å². The standard InChI is InChI=1S/C12H18.C2H6/c1-3-5-11-7-9-12(6-4-2)10-8-11;1-2/h7-10H,3-6H2,1-2H3;1-2H3. The molecule has 1 aromatic rings. The molecule has 0 fully saturated rings. The van der Waals surface area contributed by atoms with E-state index < -0.39 is 0 Å². The molecule has 0 aliphatic rings. The van der Waals surface area contributed by atoms with Gasteiger partial charge in [-0.05, 0) is 24.0 Å². The first kappa shape index (κ1) is 13.2. The monoisotopic (exact) mass is 192 g/mol. The third-order valence-corrected chi connectivity index (χ3v) is 2.10. The summed E-state index contributed by atoms with van der Waals surface area (Å²) in [5, 5.41) is 0. The molecule has 14 heavy (non-hydrogen) atoms. The Balaban J connectivity index is 0.000000791. The second-order valence-electron chi connectivity index (χ2n) is 3.32. The highest BCUT2D eigenvalue weighted by molar-refractivity contribution is 5.22. The molecular weight excluding hydrogens is 168 g/mol. The first-order chi connectivity index (χ1) is 6.86. The van der Waals surface area contributed by atoms with Gasteiger partial charge in [0, 0.05) is 0 Å². The van der Waals surface area contributed by atoms with E-state index in [-0.39, 0.29) is 0 Å². The van der Waals surface area contributed by atoms with Crippen molar-refractivity contribution in [2.45, 2.75) is 53.4 Å². The molecule has 1 rings (SSSR count). The van der Waals surface area contributed by atoms with E-state index in [9.17, 15) is 0 Å². The zero-order valence-electron chi connectivity index (χ0n) is 10.1. The van der Waals surface area contributed by atoms with Crippen molar-refractivity contribution in [1.82, 2.24) is 0 Å². The predicted molar refractivity (Wildman–Crippen MR) is 65.8 cm³/mol. The fraction of sp³-hybridized carbons (Fsp3) is 0.571. The first-order valence-electron chi connectivity index (χ1n) is 5.94. The van der Waals surface area contributed by atoms with E-state index in [1.807, 2.05) is 13.8 Å². The predicted octanol–water partition coefficient (Wildman–Crippen LogP) is 4.62. The molecule has 0 radical (unpaired) electrons. The van der Waals surface area contributed by atoms with E-state index in [0.717, 1.165) is 0 Å². The van der Waals surface area contributed by atoms with E-state index in [1.165, 1.54) is 36.8 Å². The maximum atomic E-state index is 2.26. The van der Waals surface area contributed by atoms with Crippen molar-refractivity contribution in [3.05, 3.63) is 35.4 Å². The first-order valence-corrected chi connectivity index (χ1v) is 5.94. The molecule has 1 aromatic carbocycles. The molecule has 0 nitrogen and oxygen atoms in total. The highest BCUT2D eigenvalue weighted by atomic mass is 14.0. The van der Waals surface area contributed by atoms with Crippen LogP contribution in [0.4, 0.5) is 0 Å². The quantitative estimate of drug-likeness (QED) is 0.653. The lowest BCUT2D eigenvalue weighted by Crippen LogP contribution is -1.85. The Labute approximate surface area is 89.4 Å². The molecule has 0 saturated carbocycles. The van der Waals surface area contributed by atoms with E-state index in [1.54, 1.807) is 0 Å². The van der Waals surface area contributed by atoms with Crippen LogP contribution in [0.15, 0.2) is 24.3 Å². The van der Waals surface area contributed by atoms with Crippen molar-refractivity contribution < 1.29 is 0 Å². The van der Waals surface area contributed by atoms with Gasteiger partial charge in [0.15, 0.2) is 0 Å². The lowest BCUT2D eigenvalue weighted by molar-refractivity contribution is 0.904. The average molecular weight is 192 g/mol. The van der Waals surface area contributed by atoms with Gasteiger partial charge < -0.3 is 0 Å². The Kier molecular flexibility index (Phi) is 8.31. The molecule has 0 heteroatoms. The normalized spacial score (nSPS) is 9.14. The van der Waals surface area contributed by atoms with Crippen molar-refractivity contribution in [2.75, 3.05) is 0 Å². The minimum Gasteiger partial charge on any atom is -0.0683 e. The zero-order chi connectivity index (χ0) is 10.8. The van der Waals surface area contributed by atoms with Crippen molar-refractivity contribution in [3.8, 4) is 0 Å². The molecular formula is C14H24. The molecule has 0 heterocycles. The zero-order valence-corrected chi connectivity index (χ0v) is 10.1. The van der Waals surface area contributed by atoms with Gasteiger partial charge in [0.2, 0.25) is 0 Å². The van der Waals surface area contributed by atoms with Crippen LogP contribution < -0.4 is 0 Å². The van der Waals surface area contributed by atoms with E-state index in [2.05, 4.69) is 38.1 Å². The van der Waals surface area contributed by atoms with Gasteiger partial charge in [-0.15, -0.1) is 0 Å². The fourth-order valence-corrected chi connectivity index (χ4v) is 1.45. The third kappa shape index (κ3) is 5.06. The Hall–Kier alpha value is -0.780. The summed E-state index contributed by atoms with van der Waals surface area (Å²) >= 11 is 0. The summed E-state index contributed by atoms with van der Waals surface area (Å²) in [6.45, 7) is 8.44. The molecule has 80 valence electrons. The topological polar surface area (TPSA) is 0 Å². The summed E-state index contributed by atoms with van der Waals surface area (Å²) in [4.78, 5) is 0. The van der Waals surface area contributed by atoms with Gasteiger partial charge in [0.25, 0.3) is 0 Å². The van der Waals surface area contributed by atoms with Crippen LogP contribution in [-0.4, -0.2) is 0 Å². The molecule has 0 N–H and O–H groups in total. The number of benzene rings is 1. The van der Waals surface area contributed by atoms with Gasteiger partial charge in [-0.25, -0.2) is 0 Å². The Bertz CT molecular complexity index is 183. The molecule has 0 aliphatic heterocycles. The fourth-order valence-electron chi connectivity index (χ4n) is 1.45. The summed E-state index contributed by atoms with van der Waals surface area (Å²) in [5.41, 5.74) is 2.94. The van der Waals surface area contributed by atoms with Crippen LogP contribution in [0.2, 0.25) is 0 Å². The molecule has 0 aromatic heterocycles. The molecule has 0 amide bonds. The van der Waals surface area contributed by atoms with Gasteiger partial charge in [0.1, 0.15) is 0 Å². The van der Waals surface area contributed by atoms with Crippen LogP contribution >= 0.6 is 0 Å². The SMILES string of the molecule is CC.CCCc1ccc(CCC)cc1. The van der Waals surface area contributed by atoms with Crippen molar-refractivity contribution >= 4 is 0 Å². The minimum absolute atomic E-state index is 1.21. The largest absolute Gasteiger partial charge is 0.0683 e. The maximum Gasteiger partial charge on any atom is -0.0281 e. The van der Waals surface area contributed by atoms with Gasteiger partial charge >= 0.3 is 0 Å². The lowest BCUT2D eigenvalue weighted by atomic mass is 10.1. The minimum atomic E-state index is 1.21. The van der Waals surface area contributed by atoms with E-state index in [0.29, 0.717) is 0 Å². The maximum absolute atomic E-state index is 2.26. The Morgan fingerprint density at radius 2 is 1.00 bits per heavy atom. The van der Waals surface area contributed by atoms with Crippen LogP contribution in [-0.2, 0) is 12.8 Å². The number of hydrogen-bond donors (Lipinski definition) is 0. The summed E-state index contributed by atoms with van der Waals surface area (Å²) < 4.78 is 0. The van der Waals surface area contributed by atoms with Crippen molar-refractivity contribution in [2.24, 2.45) is 0 Å². The second kappa shape index (κ2) is 8.80. The van der Waals surface area contributed by atoms with Gasteiger partial charge in [-0.1, -0.05) is 64.8 Å². The number of rotatable bonds is 4. The van der Waals surface area contributed by atoms with Gasteiger partial charge in [-0.2, -0.15) is 0 Å². The van der Waals surface area contributed by atoms with Gasteiger partial charge in [0.05, 0.1) is 0 Å². The van der Waals surface area contributed by atoms with Crippen LogP contribution in [0.25, 0.3) is 0 Å². The smallest absolute Gasteiger partial charge is 0.0281 e. The summed E-state index contributed by atoms with van der Waals surface area (Å²) in [6, 6.07) is 9.03. The summed E-state index contributed by atoms with van der Waals surface area (Å²) in [7, 11) is 0. The number of hydrogen-bond acceptors (Lipinski definition) is 0. The summed E-state index contributed by atoms with van der Waals surface area (Å²) in [5.74, 6) is 0. The molecule has 0 unspecified atom stereocenters. The molecule has 0 spiro atoms. The lowest BCUT2D eigenvalue weighted by Gasteiger charge is -2.01. The van der Waals surface area contributed by atoms with E-state index in [4.69, 9.17) is 0 Å². The highest BCUT2D eigenvalue weighted by Gasteiger charge is 1.92. The van der Waals surface area contributed by atoms with Crippen molar-refractivity contribution in [1.29, 1.82) is 0 Å². The molecule has 0 aliphatic carbocycles. The Morgan fingerprint density at radius 1 is 0.714 bits per heavy atom. The van der Waals surface area contributed by atoms with Crippen LogP contribution in [0, 0.1) is 0 Å². The highest BCUT2D eigenvalue weighted by Crippen LogP contribution is 2.07. The van der Waals surface area contributed by atoms with Crippen LogP contribution in [0.3, 0.4) is 0 Å². The average Bonchev–Trinajstić information content (AvgIpc) is 2.25. The van der Waals surface area contributed by atoms with Crippen LogP contribution in [0.5, 0.6) is 0 Å². The molecule has 0 bridgehead atoms. The Morgan fingerprint density at radius 3 is 1.21 bits per heavy atom. The van der Waals surface area contributed by atoms with Gasteiger partial charge in [-0.3, -0.25) is 0 Å².